The summed E-state index contributed by atoms with van der Waals surface area (Å²) in [5.41, 5.74) is 7.50. The van der Waals surface area contributed by atoms with Gasteiger partial charge in [0.05, 0.1) is 10.6 Å². The summed E-state index contributed by atoms with van der Waals surface area (Å²) in [7, 11) is 0. The van der Waals surface area contributed by atoms with Crippen LogP contribution in [0.15, 0.2) is 36.4 Å². The van der Waals surface area contributed by atoms with Crippen molar-refractivity contribution in [3.63, 3.8) is 0 Å². The maximum Gasteiger partial charge on any atom is 0.180 e. The molecule has 2 aromatic carbocycles. The highest BCUT2D eigenvalue weighted by atomic mass is 32.1. The van der Waals surface area contributed by atoms with Crippen LogP contribution >= 0.6 is 11.3 Å². The van der Waals surface area contributed by atoms with Crippen molar-refractivity contribution in [2.45, 2.75) is 19.4 Å². The zero-order valence-corrected chi connectivity index (χ0v) is 12.1. The molecular formula is C16H14N2OS. The lowest BCUT2D eigenvalue weighted by Crippen LogP contribution is -2.28. The van der Waals surface area contributed by atoms with Crippen molar-refractivity contribution in [3.8, 4) is 17.0 Å². The molecular weight excluding hydrogens is 268 g/mol. The normalized spacial score (nSPS) is 15.5. The molecule has 0 unspecified atom stereocenters. The topological polar surface area (TPSA) is 48.1 Å². The number of hydrogen-bond acceptors (Lipinski definition) is 4. The molecule has 3 aromatic rings. The molecule has 0 atom stereocenters. The molecule has 1 aliphatic rings. The van der Waals surface area contributed by atoms with E-state index in [2.05, 4.69) is 43.1 Å². The quantitative estimate of drug-likeness (QED) is 0.673. The third-order valence-corrected chi connectivity index (χ3v) is 4.87. The van der Waals surface area contributed by atoms with Crippen LogP contribution in [0.2, 0.25) is 0 Å². The van der Waals surface area contributed by atoms with E-state index in [0.29, 0.717) is 5.13 Å². The van der Waals surface area contributed by atoms with Gasteiger partial charge in [0.1, 0.15) is 11.4 Å². The van der Waals surface area contributed by atoms with Gasteiger partial charge in [-0.2, -0.15) is 0 Å². The molecule has 4 rings (SSSR count). The molecule has 1 aromatic heterocycles. The molecule has 0 fully saturated rings. The Labute approximate surface area is 121 Å². The highest BCUT2D eigenvalue weighted by Gasteiger charge is 2.36. The fourth-order valence-electron chi connectivity index (χ4n) is 2.77. The van der Waals surface area contributed by atoms with Crippen LogP contribution in [0.4, 0.5) is 5.13 Å². The Hall–Kier alpha value is -2.07. The van der Waals surface area contributed by atoms with Gasteiger partial charge in [0.25, 0.3) is 0 Å². The number of nitrogens with two attached hydrogens (primary N) is 1. The van der Waals surface area contributed by atoms with Crippen molar-refractivity contribution in [2.75, 3.05) is 5.73 Å². The Morgan fingerprint density at radius 3 is 2.80 bits per heavy atom. The van der Waals surface area contributed by atoms with Crippen LogP contribution in [0.5, 0.6) is 5.75 Å². The van der Waals surface area contributed by atoms with Crippen LogP contribution in [-0.4, -0.2) is 4.98 Å². The van der Waals surface area contributed by atoms with E-state index < -0.39 is 5.60 Å². The van der Waals surface area contributed by atoms with E-state index in [1.807, 2.05) is 12.1 Å². The Morgan fingerprint density at radius 2 is 1.95 bits per heavy atom. The molecule has 0 radical (unpaired) electrons. The summed E-state index contributed by atoms with van der Waals surface area (Å²) in [4.78, 5) is 5.61. The summed E-state index contributed by atoms with van der Waals surface area (Å²) >= 11 is 1.51. The zero-order chi connectivity index (χ0) is 13.9. The van der Waals surface area contributed by atoms with E-state index in [1.54, 1.807) is 0 Å². The minimum atomic E-state index is -0.401. The first-order valence-corrected chi connectivity index (χ1v) is 7.36. The van der Waals surface area contributed by atoms with E-state index in [4.69, 9.17) is 10.5 Å². The summed E-state index contributed by atoms with van der Waals surface area (Å²) < 4.78 is 6.29. The Morgan fingerprint density at radius 1 is 1.15 bits per heavy atom. The van der Waals surface area contributed by atoms with Gasteiger partial charge in [-0.25, -0.2) is 4.98 Å². The Balaban J connectivity index is 2.11. The number of fused-ring (bicyclic) bond motifs is 5. The van der Waals surface area contributed by atoms with Crippen molar-refractivity contribution < 1.29 is 4.74 Å². The van der Waals surface area contributed by atoms with Gasteiger partial charge in [-0.15, -0.1) is 0 Å². The largest absolute Gasteiger partial charge is 0.481 e. The number of ether oxygens (including phenoxy) is 1. The molecule has 100 valence electrons. The molecule has 20 heavy (non-hydrogen) atoms. The predicted octanol–water partition coefficient (Wildman–Crippen LogP) is 4.17. The van der Waals surface area contributed by atoms with E-state index in [1.165, 1.54) is 16.7 Å². The fourth-order valence-corrected chi connectivity index (χ4v) is 3.65. The molecule has 0 amide bonds. The standard InChI is InChI=1S/C16H14N2OS/c1-16(2)14-12(18-15(17)20-14)11-8-7-9-5-3-4-6-10(9)13(11)19-16/h3-8H,1-2H3,(H2,17,18). The lowest BCUT2D eigenvalue weighted by atomic mass is 9.94. The monoisotopic (exact) mass is 282 g/mol. The maximum atomic E-state index is 6.29. The summed E-state index contributed by atoms with van der Waals surface area (Å²) in [6.07, 6.45) is 0. The lowest BCUT2D eigenvalue weighted by molar-refractivity contribution is 0.112. The summed E-state index contributed by atoms with van der Waals surface area (Å²) in [5, 5.41) is 2.89. The van der Waals surface area contributed by atoms with Gasteiger partial charge in [0.2, 0.25) is 0 Å². The lowest BCUT2D eigenvalue weighted by Gasteiger charge is -2.32. The molecule has 0 bridgehead atoms. The summed E-state index contributed by atoms with van der Waals surface area (Å²) in [6.45, 7) is 4.13. The van der Waals surface area contributed by atoms with E-state index in [9.17, 15) is 0 Å². The second kappa shape index (κ2) is 3.73. The minimum Gasteiger partial charge on any atom is -0.481 e. The van der Waals surface area contributed by atoms with Crippen molar-refractivity contribution in [1.82, 2.24) is 4.98 Å². The molecule has 0 saturated carbocycles. The number of anilines is 1. The van der Waals surface area contributed by atoms with Crippen molar-refractivity contribution in [3.05, 3.63) is 41.3 Å². The van der Waals surface area contributed by atoms with Gasteiger partial charge >= 0.3 is 0 Å². The number of nitrogen functional groups attached to an aromatic ring is 1. The van der Waals surface area contributed by atoms with Gasteiger partial charge in [-0.3, -0.25) is 0 Å². The molecule has 2 heterocycles. The van der Waals surface area contributed by atoms with Crippen LogP contribution in [0.25, 0.3) is 22.0 Å². The molecule has 1 aliphatic heterocycles. The Bertz CT molecular complexity index is 836. The SMILES string of the molecule is CC1(C)Oc2c(ccc3ccccc23)-c2nc(N)sc21. The van der Waals surface area contributed by atoms with Crippen LogP contribution in [0, 0.1) is 0 Å². The number of nitrogens with zero attached hydrogens (tertiary/aromatic N) is 1. The number of thiazole rings is 1. The van der Waals surface area contributed by atoms with E-state index in [0.717, 1.165) is 27.3 Å². The third-order valence-electron chi connectivity index (χ3n) is 3.68. The first-order chi connectivity index (χ1) is 9.56. The van der Waals surface area contributed by atoms with Crippen molar-refractivity contribution in [1.29, 1.82) is 0 Å². The molecule has 3 nitrogen and oxygen atoms in total. The summed E-state index contributed by atoms with van der Waals surface area (Å²) in [6, 6.07) is 12.4. The fraction of sp³-hybridized carbons (Fsp3) is 0.188. The number of hydrogen-bond donors (Lipinski definition) is 1. The molecule has 0 spiro atoms. The number of aromatic nitrogens is 1. The molecule has 4 heteroatoms. The van der Waals surface area contributed by atoms with Gasteiger partial charge in [-0.1, -0.05) is 41.7 Å². The number of rotatable bonds is 0. The summed E-state index contributed by atoms with van der Waals surface area (Å²) in [5.74, 6) is 0.908. The van der Waals surface area contributed by atoms with Crippen LogP contribution in [0.1, 0.15) is 18.7 Å². The van der Waals surface area contributed by atoms with Crippen LogP contribution < -0.4 is 10.5 Å². The van der Waals surface area contributed by atoms with E-state index >= 15 is 0 Å². The van der Waals surface area contributed by atoms with Crippen LogP contribution in [-0.2, 0) is 5.60 Å². The second-order valence-electron chi connectivity index (χ2n) is 5.51. The van der Waals surface area contributed by atoms with Gasteiger partial charge in [0.15, 0.2) is 5.13 Å². The first kappa shape index (κ1) is 11.7. The average Bonchev–Trinajstić information content (AvgIpc) is 2.81. The van der Waals surface area contributed by atoms with Crippen molar-refractivity contribution in [2.24, 2.45) is 0 Å². The van der Waals surface area contributed by atoms with E-state index in [-0.39, 0.29) is 0 Å². The van der Waals surface area contributed by atoms with Crippen LogP contribution in [0.3, 0.4) is 0 Å². The van der Waals surface area contributed by atoms with Gasteiger partial charge in [0, 0.05) is 10.9 Å². The predicted molar refractivity (Wildman–Crippen MR) is 83.1 cm³/mol. The Kier molecular flexibility index (Phi) is 2.19. The second-order valence-corrected chi connectivity index (χ2v) is 6.54. The van der Waals surface area contributed by atoms with Gasteiger partial charge < -0.3 is 10.5 Å². The minimum absolute atomic E-state index is 0.401. The molecule has 0 aliphatic carbocycles. The maximum absolute atomic E-state index is 6.29. The smallest absolute Gasteiger partial charge is 0.180 e. The van der Waals surface area contributed by atoms with Crippen molar-refractivity contribution >= 4 is 27.2 Å². The average molecular weight is 282 g/mol. The first-order valence-electron chi connectivity index (χ1n) is 6.54. The molecule has 2 N–H and O–H groups in total. The highest BCUT2D eigenvalue weighted by Crippen LogP contribution is 2.50. The van der Waals surface area contributed by atoms with Gasteiger partial charge in [-0.05, 0) is 25.3 Å². The highest BCUT2D eigenvalue weighted by molar-refractivity contribution is 7.16. The third kappa shape index (κ3) is 1.48. The molecule has 0 saturated heterocycles. The number of benzene rings is 2. The zero-order valence-electron chi connectivity index (χ0n) is 11.3.